The van der Waals surface area contributed by atoms with Gasteiger partial charge in [-0.1, -0.05) is 19.1 Å². The summed E-state index contributed by atoms with van der Waals surface area (Å²) in [5.74, 6) is -0.183. The fourth-order valence-electron chi connectivity index (χ4n) is 1.90. The van der Waals surface area contributed by atoms with E-state index in [-0.39, 0.29) is 11.8 Å². The highest BCUT2D eigenvalue weighted by molar-refractivity contribution is 5.31. The summed E-state index contributed by atoms with van der Waals surface area (Å²) in [4.78, 5) is 1.99. The number of likely N-dealkylation sites (N-methyl/N-ethyl adjacent to an activating group) is 1. The topological polar surface area (TPSA) is 24.5 Å². The molecular formula is C14H21F3N2O. The number of ether oxygens (including phenoxy) is 1. The first-order valence-electron chi connectivity index (χ1n) is 6.55. The molecule has 0 saturated heterocycles. The van der Waals surface area contributed by atoms with Crippen molar-refractivity contribution in [1.82, 2.24) is 10.2 Å². The molecule has 1 rings (SSSR count). The standard InChI is InChI=1S/C14H21F3N2O/c1-4-8-18-13(10-19(2)3)11-6-5-7-12(9-11)20-14(15,16)17/h5-7,9,13,18H,4,8,10H2,1-3H3. The average molecular weight is 290 g/mol. The number of hydrogen-bond acceptors (Lipinski definition) is 3. The monoisotopic (exact) mass is 290 g/mol. The Labute approximate surface area is 117 Å². The van der Waals surface area contributed by atoms with Crippen LogP contribution in [-0.4, -0.2) is 38.4 Å². The molecule has 0 aromatic heterocycles. The van der Waals surface area contributed by atoms with Crippen LogP contribution in [0.4, 0.5) is 13.2 Å². The Morgan fingerprint density at radius 2 is 2.00 bits per heavy atom. The first-order chi connectivity index (χ1) is 9.31. The smallest absolute Gasteiger partial charge is 0.406 e. The molecule has 0 aliphatic heterocycles. The van der Waals surface area contributed by atoms with E-state index in [0.717, 1.165) is 18.5 Å². The zero-order valence-corrected chi connectivity index (χ0v) is 12.0. The Morgan fingerprint density at radius 1 is 1.30 bits per heavy atom. The average Bonchev–Trinajstić information content (AvgIpc) is 2.32. The predicted octanol–water partition coefficient (Wildman–Crippen LogP) is 3.19. The van der Waals surface area contributed by atoms with Crippen LogP contribution in [0.2, 0.25) is 0 Å². The van der Waals surface area contributed by atoms with Gasteiger partial charge in [0.2, 0.25) is 0 Å². The fourth-order valence-corrected chi connectivity index (χ4v) is 1.90. The minimum absolute atomic E-state index is 0.0262. The molecule has 0 radical (unpaired) electrons. The molecule has 0 aliphatic rings. The second kappa shape index (κ2) is 7.50. The lowest BCUT2D eigenvalue weighted by Gasteiger charge is -2.23. The highest BCUT2D eigenvalue weighted by Crippen LogP contribution is 2.25. The third kappa shape index (κ3) is 6.25. The molecule has 1 atom stereocenters. The lowest BCUT2D eigenvalue weighted by Crippen LogP contribution is -2.31. The van der Waals surface area contributed by atoms with Crippen LogP contribution >= 0.6 is 0 Å². The van der Waals surface area contributed by atoms with Crippen LogP contribution in [0.3, 0.4) is 0 Å². The summed E-state index contributed by atoms with van der Waals surface area (Å²) in [6.45, 7) is 3.56. The molecule has 1 aromatic rings. The van der Waals surface area contributed by atoms with Gasteiger partial charge in [0, 0.05) is 12.6 Å². The number of nitrogens with zero attached hydrogens (tertiary/aromatic N) is 1. The van der Waals surface area contributed by atoms with Crippen LogP contribution in [0.25, 0.3) is 0 Å². The molecule has 0 heterocycles. The van der Waals surface area contributed by atoms with Crippen molar-refractivity contribution in [2.24, 2.45) is 0 Å². The third-order valence-corrected chi connectivity index (χ3v) is 2.68. The first-order valence-corrected chi connectivity index (χ1v) is 6.55. The van der Waals surface area contributed by atoms with Crippen molar-refractivity contribution in [3.8, 4) is 5.75 Å². The molecule has 20 heavy (non-hydrogen) atoms. The highest BCUT2D eigenvalue weighted by atomic mass is 19.4. The van der Waals surface area contributed by atoms with Crippen LogP contribution in [-0.2, 0) is 0 Å². The second-order valence-electron chi connectivity index (χ2n) is 4.89. The minimum Gasteiger partial charge on any atom is -0.406 e. The lowest BCUT2D eigenvalue weighted by molar-refractivity contribution is -0.274. The number of halogens is 3. The summed E-state index contributed by atoms with van der Waals surface area (Å²) in [5, 5.41) is 3.33. The van der Waals surface area contributed by atoms with Crippen LogP contribution in [0.5, 0.6) is 5.75 Å². The molecule has 3 nitrogen and oxygen atoms in total. The molecule has 0 aliphatic carbocycles. The Kier molecular flexibility index (Phi) is 6.29. The quantitative estimate of drug-likeness (QED) is 0.834. The lowest BCUT2D eigenvalue weighted by atomic mass is 10.1. The number of rotatable bonds is 7. The second-order valence-corrected chi connectivity index (χ2v) is 4.89. The summed E-state index contributed by atoms with van der Waals surface area (Å²) in [6, 6.07) is 6.10. The number of alkyl halides is 3. The Hall–Kier alpha value is -1.27. The van der Waals surface area contributed by atoms with Gasteiger partial charge in [-0.05, 0) is 44.8 Å². The normalized spacial score (nSPS) is 13.6. The molecule has 0 bridgehead atoms. The molecule has 0 fully saturated rings. The van der Waals surface area contributed by atoms with Crippen molar-refractivity contribution < 1.29 is 17.9 Å². The summed E-state index contributed by atoms with van der Waals surface area (Å²) in [6.07, 6.45) is -3.70. The fraction of sp³-hybridized carbons (Fsp3) is 0.571. The summed E-state index contributed by atoms with van der Waals surface area (Å²) in [7, 11) is 3.85. The van der Waals surface area contributed by atoms with E-state index in [4.69, 9.17) is 0 Å². The van der Waals surface area contributed by atoms with Gasteiger partial charge in [-0.2, -0.15) is 0 Å². The molecule has 0 amide bonds. The van der Waals surface area contributed by atoms with Gasteiger partial charge in [0.25, 0.3) is 0 Å². The van der Waals surface area contributed by atoms with Crippen LogP contribution in [0, 0.1) is 0 Å². The van der Waals surface area contributed by atoms with Crippen molar-refractivity contribution in [1.29, 1.82) is 0 Å². The maximum atomic E-state index is 12.2. The van der Waals surface area contributed by atoms with Gasteiger partial charge in [-0.25, -0.2) is 0 Å². The van der Waals surface area contributed by atoms with Crippen molar-refractivity contribution in [2.75, 3.05) is 27.2 Å². The highest BCUT2D eigenvalue weighted by Gasteiger charge is 2.31. The van der Waals surface area contributed by atoms with Gasteiger partial charge >= 0.3 is 6.36 Å². The summed E-state index contributed by atoms with van der Waals surface area (Å²) in [5.41, 5.74) is 0.786. The molecule has 6 heteroatoms. The van der Waals surface area contributed by atoms with Gasteiger partial charge in [0.05, 0.1) is 0 Å². The Bertz CT molecular complexity index is 408. The Morgan fingerprint density at radius 3 is 2.55 bits per heavy atom. The van der Waals surface area contributed by atoms with Crippen molar-refractivity contribution in [2.45, 2.75) is 25.7 Å². The van der Waals surface area contributed by atoms with Crippen LogP contribution in [0.1, 0.15) is 24.9 Å². The van der Waals surface area contributed by atoms with E-state index in [2.05, 4.69) is 10.1 Å². The van der Waals surface area contributed by atoms with E-state index in [9.17, 15) is 13.2 Å². The van der Waals surface area contributed by atoms with Crippen LogP contribution < -0.4 is 10.1 Å². The summed E-state index contributed by atoms with van der Waals surface area (Å²) >= 11 is 0. The predicted molar refractivity (Wildman–Crippen MR) is 72.7 cm³/mol. The van der Waals surface area contributed by atoms with E-state index in [1.54, 1.807) is 12.1 Å². The SMILES string of the molecule is CCCNC(CN(C)C)c1cccc(OC(F)(F)F)c1. The molecule has 1 unspecified atom stereocenters. The van der Waals surface area contributed by atoms with Crippen molar-refractivity contribution >= 4 is 0 Å². The molecule has 0 saturated carbocycles. The number of benzene rings is 1. The number of hydrogen-bond donors (Lipinski definition) is 1. The maximum absolute atomic E-state index is 12.2. The van der Waals surface area contributed by atoms with Gasteiger partial charge in [0.15, 0.2) is 0 Å². The van der Waals surface area contributed by atoms with E-state index >= 15 is 0 Å². The molecule has 0 spiro atoms. The zero-order chi connectivity index (χ0) is 15.2. The van der Waals surface area contributed by atoms with Gasteiger partial charge in [0.1, 0.15) is 5.75 Å². The largest absolute Gasteiger partial charge is 0.573 e. The molecule has 114 valence electrons. The maximum Gasteiger partial charge on any atom is 0.573 e. The molecular weight excluding hydrogens is 269 g/mol. The third-order valence-electron chi connectivity index (χ3n) is 2.68. The zero-order valence-electron chi connectivity index (χ0n) is 12.0. The van der Waals surface area contributed by atoms with Gasteiger partial charge < -0.3 is 15.0 Å². The van der Waals surface area contributed by atoms with E-state index < -0.39 is 6.36 Å². The van der Waals surface area contributed by atoms with E-state index in [1.165, 1.54) is 12.1 Å². The first kappa shape index (κ1) is 16.8. The van der Waals surface area contributed by atoms with Gasteiger partial charge in [-0.3, -0.25) is 0 Å². The van der Waals surface area contributed by atoms with E-state index in [1.807, 2.05) is 25.9 Å². The summed E-state index contributed by atoms with van der Waals surface area (Å²) < 4.78 is 40.7. The van der Waals surface area contributed by atoms with Gasteiger partial charge in [-0.15, -0.1) is 13.2 Å². The number of nitrogens with one attached hydrogen (secondary N) is 1. The molecule has 1 aromatic carbocycles. The van der Waals surface area contributed by atoms with Crippen molar-refractivity contribution in [3.05, 3.63) is 29.8 Å². The van der Waals surface area contributed by atoms with Crippen LogP contribution in [0.15, 0.2) is 24.3 Å². The Balaban J connectivity index is 2.86. The minimum atomic E-state index is -4.66. The molecule has 1 N–H and O–H groups in total. The van der Waals surface area contributed by atoms with Crippen molar-refractivity contribution in [3.63, 3.8) is 0 Å². The van der Waals surface area contributed by atoms with E-state index in [0.29, 0.717) is 6.54 Å².